The van der Waals surface area contributed by atoms with Gasteiger partial charge in [0, 0.05) is 6.42 Å². The van der Waals surface area contributed by atoms with Crippen LogP contribution in [0.5, 0.6) is 0 Å². The van der Waals surface area contributed by atoms with E-state index in [4.69, 9.17) is 0 Å². The van der Waals surface area contributed by atoms with E-state index in [9.17, 15) is 10.1 Å². The Bertz CT molecular complexity index is 947. The molecular weight excluding hydrogens is 385 g/mol. The van der Waals surface area contributed by atoms with Crippen LogP contribution < -0.4 is 15.9 Å². The van der Waals surface area contributed by atoms with E-state index < -0.39 is 6.89 Å². The Labute approximate surface area is 180 Å². The van der Waals surface area contributed by atoms with Crippen molar-refractivity contribution in [3.05, 3.63) is 91.0 Å². The third kappa shape index (κ3) is 4.48. The number of carbonyl (C=O) groups excluding carboxylic acids is 1. The average molecular weight is 414 g/mol. The van der Waals surface area contributed by atoms with Crippen LogP contribution >= 0.6 is 6.89 Å². The number of rotatable bonds is 9. The number of nitriles is 1. The summed E-state index contributed by atoms with van der Waals surface area (Å²) < 4.78 is 0. The van der Waals surface area contributed by atoms with Gasteiger partial charge in [0.25, 0.3) is 0 Å². The summed E-state index contributed by atoms with van der Waals surface area (Å²) in [6.45, 7) is -0.411. The third-order valence-electron chi connectivity index (χ3n) is 5.39. The van der Waals surface area contributed by atoms with E-state index in [2.05, 4.69) is 49.4 Å². The molecule has 30 heavy (non-hydrogen) atoms. The Morgan fingerprint density at radius 3 is 1.53 bits per heavy atom. The Kier molecular flexibility index (Phi) is 7.83. The Balaban J connectivity index is 2.34. The van der Waals surface area contributed by atoms with Crippen molar-refractivity contribution >= 4 is 33.9 Å². The molecule has 3 rings (SSSR count). The maximum atomic E-state index is 13.5. The number of carbonyl (C=O) groups is 1. The zero-order chi connectivity index (χ0) is 21.2. The van der Waals surface area contributed by atoms with Crippen LogP contribution in [0.2, 0.25) is 0 Å². The fourth-order valence-corrected chi connectivity index (χ4v) is 8.11. The van der Waals surface area contributed by atoms with Crippen LogP contribution in [-0.4, -0.2) is 11.1 Å². The molecule has 3 heteroatoms. The number of nitrogens with zero attached hydrogens (tertiary/aromatic N) is 1. The van der Waals surface area contributed by atoms with Crippen LogP contribution in [0.25, 0.3) is 0 Å². The first kappa shape index (κ1) is 21.8. The minimum absolute atomic E-state index is 0.0153. The lowest BCUT2D eigenvalue weighted by molar-refractivity contribution is -0.112. The summed E-state index contributed by atoms with van der Waals surface area (Å²) in [6.07, 6.45) is 4.52. The summed E-state index contributed by atoms with van der Waals surface area (Å²) in [5, 5.41) is 13.9. The number of hydrogen-bond donors (Lipinski definition) is 0. The number of ketones is 1. The summed E-state index contributed by atoms with van der Waals surface area (Å²) in [5.74, 6) is -0.0153. The van der Waals surface area contributed by atoms with Gasteiger partial charge in [-0.2, -0.15) is 5.26 Å². The van der Waals surface area contributed by atoms with Crippen molar-refractivity contribution in [3.63, 3.8) is 0 Å². The summed E-state index contributed by atoms with van der Waals surface area (Å²) in [4.78, 5) is 13.5. The van der Waals surface area contributed by atoms with Crippen molar-refractivity contribution < 1.29 is 4.79 Å². The smallest absolute Gasteiger partial charge is 0.174 e. The topological polar surface area (TPSA) is 40.9 Å². The number of unbranched alkanes of at least 4 members (excludes halogenated alkanes) is 3. The molecule has 0 aromatic heterocycles. The highest BCUT2D eigenvalue weighted by molar-refractivity contribution is 7.96. The Morgan fingerprint density at radius 1 is 0.733 bits per heavy atom. The van der Waals surface area contributed by atoms with Crippen molar-refractivity contribution in [3.8, 4) is 6.07 Å². The van der Waals surface area contributed by atoms with Gasteiger partial charge in [-0.25, -0.2) is 0 Å². The predicted molar refractivity (Wildman–Crippen MR) is 130 cm³/mol. The van der Waals surface area contributed by atoms with Gasteiger partial charge in [0.1, 0.15) is 11.4 Å². The molecule has 0 aliphatic carbocycles. The second-order valence-corrected chi connectivity index (χ2v) is 10.7. The molecule has 0 bridgehead atoms. The Morgan fingerprint density at radius 2 is 1.17 bits per heavy atom. The normalized spacial score (nSPS) is 10.9. The van der Waals surface area contributed by atoms with Crippen molar-refractivity contribution in [2.75, 3.05) is 0 Å². The monoisotopic (exact) mass is 413 g/mol. The molecule has 152 valence electrons. The van der Waals surface area contributed by atoms with E-state index in [1.807, 2.05) is 54.6 Å². The van der Waals surface area contributed by atoms with Gasteiger partial charge in [-0.15, -0.1) is 0 Å². The lowest BCUT2D eigenvalue weighted by atomic mass is 10.1. The Hall–Kier alpha value is -2.88. The van der Waals surface area contributed by atoms with Crippen molar-refractivity contribution in [2.45, 2.75) is 39.0 Å². The second kappa shape index (κ2) is 10.8. The molecule has 3 aromatic carbocycles. The van der Waals surface area contributed by atoms with Crippen molar-refractivity contribution in [2.24, 2.45) is 0 Å². The molecule has 0 unspecified atom stereocenters. The molecule has 0 heterocycles. The molecule has 0 radical (unpaired) electrons. The largest absolute Gasteiger partial charge is 0.293 e. The van der Waals surface area contributed by atoms with E-state index in [-0.39, 0.29) is 5.78 Å². The molecule has 2 nitrogen and oxygen atoms in total. The number of Topliss-reactive ketones (excluding diaryl/α,β-unsaturated/α-hetero) is 1. The molecule has 0 aliphatic heterocycles. The van der Waals surface area contributed by atoms with Crippen LogP contribution in [0.4, 0.5) is 0 Å². The summed E-state index contributed by atoms with van der Waals surface area (Å²) >= 11 is 0. The van der Waals surface area contributed by atoms with E-state index in [0.717, 1.165) is 41.6 Å². The van der Waals surface area contributed by atoms with E-state index >= 15 is 0 Å². The van der Waals surface area contributed by atoms with Gasteiger partial charge in [0.2, 0.25) is 0 Å². The van der Waals surface area contributed by atoms with Crippen molar-refractivity contribution in [1.82, 2.24) is 0 Å². The molecule has 0 amide bonds. The van der Waals surface area contributed by atoms with Gasteiger partial charge in [-0.1, -0.05) is 117 Å². The van der Waals surface area contributed by atoms with Crippen LogP contribution in [0.1, 0.15) is 39.0 Å². The highest BCUT2D eigenvalue weighted by atomic mass is 31.2. The number of hydrogen-bond acceptors (Lipinski definition) is 2. The molecule has 0 spiro atoms. The zero-order valence-corrected chi connectivity index (χ0v) is 18.4. The van der Waals surface area contributed by atoms with E-state index in [1.54, 1.807) is 0 Å². The highest BCUT2D eigenvalue weighted by Crippen LogP contribution is 2.46. The van der Waals surface area contributed by atoms with Gasteiger partial charge < -0.3 is 0 Å². The lowest BCUT2D eigenvalue weighted by Gasteiger charge is -2.30. The fourth-order valence-electron chi connectivity index (χ4n) is 3.94. The second-order valence-electron chi connectivity index (χ2n) is 7.37. The number of benzene rings is 3. The highest BCUT2D eigenvalue weighted by Gasteiger charge is 2.32. The third-order valence-corrected chi connectivity index (χ3v) is 9.63. The maximum absolute atomic E-state index is 13.5. The maximum Gasteiger partial charge on any atom is 0.174 e. The molecule has 0 fully saturated rings. The van der Waals surface area contributed by atoms with E-state index in [0.29, 0.717) is 11.7 Å². The van der Waals surface area contributed by atoms with Crippen LogP contribution in [0.3, 0.4) is 0 Å². The first-order chi connectivity index (χ1) is 14.7. The van der Waals surface area contributed by atoms with Gasteiger partial charge >= 0.3 is 0 Å². The molecule has 0 saturated carbocycles. The molecule has 0 N–H and O–H groups in total. The average Bonchev–Trinajstić information content (AvgIpc) is 2.82. The lowest BCUT2D eigenvalue weighted by Crippen LogP contribution is -2.33. The zero-order valence-electron chi connectivity index (χ0n) is 17.5. The first-order valence-electron chi connectivity index (χ1n) is 10.6. The van der Waals surface area contributed by atoms with Crippen LogP contribution in [0, 0.1) is 11.3 Å². The van der Waals surface area contributed by atoms with Crippen LogP contribution in [0.15, 0.2) is 91.0 Å². The quantitative estimate of drug-likeness (QED) is 0.357. The van der Waals surface area contributed by atoms with Gasteiger partial charge in [-0.3, -0.25) is 4.79 Å². The first-order valence-corrected chi connectivity index (χ1v) is 12.4. The van der Waals surface area contributed by atoms with E-state index in [1.165, 1.54) is 0 Å². The fraction of sp³-hybridized carbons (Fsp3) is 0.222. The van der Waals surface area contributed by atoms with Crippen molar-refractivity contribution in [1.29, 1.82) is 5.26 Å². The minimum atomic E-state index is -2.57. The predicted octanol–water partition coefficient (Wildman–Crippen LogP) is 5.22. The standard InChI is InChI=1S/C27H28NOP/c1-2-3-4-14-21-26(29)27(22-28)30(23-15-8-5-9-16-23,24-17-10-6-11-18-24)25-19-12-7-13-20-25/h5-13,15-20H,2-4,14,21H2,1H3. The van der Waals surface area contributed by atoms with Gasteiger partial charge in [-0.05, 0) is 29.2 Å². The van der Waals surface area contributed by atoms with Crippen LogP contribution in [-0.2, 0) is 4.79 Å². The summed E-state index contributed by atoms with van der Waals surface area (Å²) in [5.41, 5.74) is 0. The SMILES string of the molecule is CCCCCCC(=O)C(C#N)=P(c1ccccc1)(c1ccccc1)c1ccccc1. The molecular formula is C27H28NOP. The van der Waals surface area contributed by atoms with Gasteiger partial charge in [0.05, 0.1) is 0 Å². The molecule has 0 saturated heterocycles. The molecule has 0 atom stereocenters. The minimum Gasteiger partial charge on any atom is -0.293 e. The van der Waals surface area contributed by atoms with Gasteiger partial charge in [0.15, 0.2) is 5.78 Å². The molecule has 0 aliphatic rings. The summed E-state index contributed by atoms with van der Waals surface area (Å²) in [6, 6.07) is 32.7. The molecule has 3 aromatic rings. The summed E-state index contributed by atoms with van der Waals surface area (Å²) in [7, 11) is 0.